The van der Waals surface area contributed by atoms with Crippen LogP contribution >= 0.6 is 0 Å². The minimum Gasteiger partial charge on any atom is -0.478 e. The van der Waals surface area contributed by atoms with Crippen molar-refractivity contribution in [3.8, 4) is 0 Å². The van der Waals surface area contributed by atoms with E-state index in [2.05, 4.69) is 10.3 Å². The van der Waals surface area contributed by atoms with Crippen molar-refractivity contribution in [2.24, 2.45) is 4.99 Å². The molecule has 11 heteroatoms. The Morgan fingerprint density at radius 2 is 1.62 bits per heavy atom. The molecule has 0 unspecified atom stereocenters. The van der Waals surface area contributed by atoms with Gasteiger partial charge in [-0.15, -0.1) is 0 Å². The van der Waals surface area contributed by atoms with E-state index in [9.17, 15) is 36.2 Å². The van der Waals surface area contributed by atoms with Crippen molar-refractivity contribution in [2.75, 3.05) is 6.54 Å². The maximum atomic E-state index is 13.2. The van der Waals surface area contributed by atoms with Crippen molar-refractivity contribution in [3.05, 3.63) is 82.1 Å². The maximum Gasteiger partial charge on any atom is 0.416 e. The summed E-state index contributed by atoms with van der Waals surface area (Å²) in [6.07, 6.45) is -9.14. The van der Waals surface area contributed by atoms with E-state index in [-0.39, 0.29) is 41.4 Å². The smallest absolute Gasteiger partial charge is 0.416 e. The Kier molecular flexibility index (Phi) is 6.94. The molecule has 0 aliphatic carbocycles. The number of aliphatic imine (C=N–C) groups is 1. The Bertz CT molecular complexity index is 1140. The van der Waals surface area contributed by atoms with Crippen molar-refractivity contribution in [1.29, 1.82) is 0 Å². The number of allylic oxidation sites excluding steroid dienone is 1. The van der Waals surface area contributed by atoms with E-state index < -0.39 is 35.5 Å². The summed E-state index contributed by atoms with van der Waals surface area (Å²) in [7, 11) is 0. The zero-order valence-electron chi connectivity index (χ0n) is 18.1. The quantitative estimate of drug-likeness (QED) is 0.541. The largest absolute Gasteiger partial charge is 0.478 e. The van der Waals surface area contributed by atoms with Crippen LogP contribution in [0.2, 0.25) is 0 Å². The van der Waals surface area contributed by atoms with Crippen LogP contribution in [0.4, 0.5) is 26.3 Å². The fourth-order valence-electron chi connectivity index (χ4n) is 3.75. The van der Waals surface area contributed by atoms with Crippen LogP contribution in [-0.4, -0.2) is 28.5 Å². The Labute approximate surface area is 191 Å². The highest BCUT2D eigenvalue weighted by Crippen LogP contribution is 2.35. The van der Waals surface area contributed by atoms with Crippen LogP contribution in [0.1, 0.15) is 42.1 Å². The zero-order valence-corrected chi connectivity index (χ0v) is 18.1. The number of halogens is 6. The lowest BCUT2D eigenvalue weighted by molar-refractivity contribution is -0.138. The molecule has 34 heavy (non-hydrogen) atoms. The lowest BCUT2D eigenvalue weighted by Gasteiger charge is -2.37. The van der Waals surface area contributed by atoms with Crippen molar-refractivity contribution in [3.63, 3.8) is 0 Å². The fraction of sp³-hybridized carbons (Fsp3) is 0.304. The van der Waals surface area contributed by atoms with Gasteiger partial charge in [0.15, 0.2) is 5.96 Å². The van der Waals surface area contributed by atoms with E-state index in [1.807, 2.05) is 0 Å². The molecule has 3 rings (SSSR count). The van der Waals surface area contributed by atoms with Crippen LogP contribution in [0.25, 0.3) is 0 Å². The molecule has 2 N–H and O–H groups in total. The van der Waals surface area contributed by atoms with Gasteiger partial charge in [0.1, 0.15) is 0 Å². The van der Waals surface area contributed by atoms with E-state index in [0.717, 1.165) is 24.3 Å². The van der Waals surface area contributed by atoms with Gasteiger partial charge in [-0.3, -0.25) is 0 Å². The second kappa shape index (κ2) is 9.40. The normalized spacial score (nSPS) is 18.3. The molecule has 0 saturated carbocycles. The highest BCUT2D eigenvalue weighted by Gasteiger charge is 2.36. The summed E-state index contributed by atoms with van der Waals surface area (Å²) in [6.45, 7) is 3.34. The first-order valence-corrected chi connectivity index (χ1v) is 10.2. The molecule has 0 spiro atoms. The van der Waals surface area contributed by atoms with Crippen molar-refractivity contribution in [1.82, 2.24) is 10.2 Å². The SMILES string of the molecule is CCN1C(=NCc2cccc(C(F)(F)F)c2)N[C@@H](c2cccc(C(F)(F)F)c2)C(C(=O)O)=C1C. The molecule has 0 fully saturated rings. The van der Waals surface area contributed by atoms with Gasteiger partial charge in [-0.05, 0) is 49.2 Å². The maximum absolute atomic E-state index is 13.2. The molecule has 1 heterocycles. The molecule has 0 amide bonds. The van der Waals surface area contributed by atoms with Crippen LogP contribution in [0, 0.1) is 0 Å². The van der Waals surface area contributed by atoms with Crippen LogP contribution < -0.4 is 5.32 Å². The van der Waals surface area contributed by atoms with Crippen molar-refractivity contribution in [2.45, 2.75) is 38.8 Å². The summed E-state index contributed by atoms with van der Waals surface area (Å²) in [4.78, 5) is 17.9. The number of rotatable bonds is 5. The molecule has 1 atom stereocenters. The molecular weight excluding hydrogens is 464 g/mol. The third-order valence-corrected chi connectivity index (χ3v) is 5.37. The van der Waals surface area contributed by atoms with Crippen molar-refractivity contribution >= 4 is 11.9 Å². The predicted octanol–water partition coefficient (Wildman–Crippen LogP) is 5.61. The third kappa shape index (κ3) is 5.35. The summed E-state index contributed by atoms with van der Waals surface area (Å²) in [5, 5.41) is 12.7. The minimum absolute atomic E-state index is 0.0640. The van der Waals surface area contributed by atoms with Gasteiger partial charge in [0.05, 0.1) is 29.3 Å². The minimum atomic E-state index is -4.62. The predicted molar refractivity (Wildman–Crippen MR) is 113 cm³/mol. The summed E-state index contributed by atoms with van der Waals surface area (Å²) >= 11 is 0. The van der Waals surface area contributed by atoms with Gasteiger partial charge in [-0.2, -0.15) is 26.3 Å². The van der Waals surface area contributed by atoms with Gasteiger partial charge in [-0.1, -0.05) is 24.3 Å². The van der Waals surface area contributed by atoms with Crippen LogP contribution in [0.3, 0.4) is 0 Å². The summed E-state index contributed by atoms with van der Waals surface area (Å²) in [5.74, 6) is -1.17. The van der Waals surface area contributed by atoms with E-state index in [4.69, 9.17) is 0 Å². The van der Waals surface area contributed by atoms with Gasteiger partial charge in [-0.25, -0.2) is 9.79 Å². The lowest BCUT2D eigenvalue weighted by atomic mass is 9.93. The van der Waals surface area contributed by atoms with Gasteiger partial charge < -0.3 is 15.3 Å². The van der Waals surface area contributed by atoms with E-state index in [0.29, 0.717) is 0 Å². The third-order valence-electron chi connectivity index (χ3n) is 5.37. The van der Waals surface area contributed by atoms with Gasteiger partial charge in [0.2, 0.25) is 0 Å². The topological polar surface area (TPSA) is 64.9 Å². The molecule has 0 aromatic heterocycles. The fourth-order valence-corrected chi connectivity index (χ4v) is 3.75. The summed E-state index contributed by atoms with van der Waals surface area (Å²) in [6, 6.07) is 7.75. The van der Waals surface area contributed by atoms with Crippen LogP contribution in [0.5, 0.6) is 0 Å². The molecule has 2 aromatic carbocycles. The number of aliphatic carboxylic acids is 1. The number of nitrogens with one attached hydrogen (secondary N) is 1. The number of carbonyl (C=O) groups is 1. The first kappa shape index (κ1) is 25.1. The highest BCUT2D eigenvalue weighted by molar-refractivity contribution is 5.95. The molecule has 5 nitrogen and oxygen atoms in total. The number of hydrogen-bond acceptors (Lipinski definition) is 2. The van der Waals surface area contributed by atoms with E-state index in [1.165, 1.54) is 36.1 Å². The molecule has 2 aromatic rings. The van der Waals surface area contributed by atoms with Gasteiger partial charge in [0.25, 0.3) is 0 Å². The Balaban J connectivity index is 2.03. The standard InChI is InChI=1S/C23H21F6N3O2/c1-3-32-13(2)18(20(33)34)19(15-7-5-9-17(11-15)23(27,28)29)31-21(32)30-12-14-6-4-8-16(10-14)22(24,25)26/h4-11,19H,3,12H2,1-2H3,(H,30,31)(H,33,34)/t19-/m0/s1. The first-order valence-electron chi connectivity index (χ1n) is 10.2. The van der Waals surface area contributed by atoms with Crippen LogP contribution in [-0.2, 0) is 23.7 Å². The average molecular weight is 485 g/mol. The first-order chi connectivity index (χ1) is 15.8. The average Bonchev–Trinajstić information content (AvgIpc) is 2.76. The van der Waals surface area contributed by atoms with Gasteiger partial charge in [0, 0.05) is 12.2 Å². The number of guanidine groups is 1. The molecule has 0 saturated heterocycles. The zero-order chi connectivity index (χ0) is 25.3. The van der Waals surface area contributed by atoms with Crippen molar-refractivity contribution < 1.29 is 36.2 Å². The second-order valence-electron chi connectivity index (χ2n) is 7.59. The number of alkyl halides is 6. The number of nitrogens with zero attached hydrogens (tertiary/aromatic N) is 2. The number of benzene rings is 2. The molecular formula is C23H21F6N3O2. The second-order valence-corrected chi connectivity index (χ2v) is 7.59. The Morgan fingerprint density at radius 1 is 1.03 bits per heavy atom. The molecule has 1 aliphatic heterocycles. The van der Waals surface area contributed by atoms with Crippen LogP contribution in [0.15, 0.2) is 64.8 Å². The van der Waals surface area contributed by atoms with Gasteiger partial charge >= 0.3 is 18.3 Å². The van der Waals surface area contributed by atoms with E-state index >= 15 is 0 Å². The number of carboxylic acids is 1. The summed E-state index contributed by atoms with van der Waals surface area (Å²) in [5.41, 5.74) is -1.33. The highest BCUT2D eigenvalue weighted by atomic mass is 19.4. The summed E-state index contributed by atoms with van der Waals surface area (Å²) < 4.78 is 78.7. The molecule has 0 bridgehead atoms. The molecule has 1 aliphatic rings. The lowest BCUT2D eigenvalue weighted by Crippen LogP contribution is -2.48. The number of hydrogen-bond donors (Lipinski definition) is 2. The number of carboxylic acid groups (broad SMARTS) is 1. The molecule has 182 valence electrons. The Morgan fingerprint density at radius 3 is 2.18 bits per heavy atom. The monoisotopic (exact) mass is 485 g/mol. The molecule has 0 radical (unpaired) electrons. The van der Waals surface area contributed by atoms with E-state index in [1.54, 1.807) is 6.92 Å². The Hall–Kier alpha value is -3.50.